The van der Waals surface area contributed by atoms with Gasteiger partial charge in [-0.3, -0.25) is 9.78 Å². The largest absolute Gasteiger partial charge is 0.336 e. The van der Waals surface area contributed by atoms with Gasteiger partial charge in [0.2, 0.25) is 5.91 Å². The number of nitrogens with zero attached hydrogens (tertiary/aromatic N) is 2. The van der Waals surface area contributed by atoms with Crippen LogP contribution in [0, 0.1) is 5.92 Å². The summed E-state index contributed by atoms with van der Waals surface area (Å²) in [6.07, 6.45) is 11.6. The number of carbonyl (C=O) groups excluding carboxylic acids is 1. The Labute approximate surface area is 144 Å². The van der Waals surface area contributed by atoms with Crippen LogP contribution in [0.4, 0.5) is 0 Å². The molecule has 0 aliphatic carbocycles. The maximum Gasteiger partial charge on any atom is 0.223 e. The number of carbonyl (C=O) groups is 1. The zero-order valence-electron chi connectivity index (χ0n) is 13.5. The van der Waals surface area contributed by atoms with E-state index in [1.165, 1.54) is 31.2 Å². The molecular formula is C18H26ClN3O. The highest BCUT2D eigenvalue weighted by Gasteiger charge is 2.36. The molecule has 0 aromatic carbocycles. The highest BCUT2D eigenvalue weighted by Crippen LogP contribution is 2.36. The van der Waals surface area contributed by atoms with Gasteiger partial charge >= 0.3 is 0 Å². The Kier molecular flexibility index (Phi) is 5.22. The molecule has 4 rings (SSSR count). The molecular weight excluding hydrogens is 310 g/mol. The van der Waals surface area contributed by atoms with Gasteiger partial charge in [0.05, 0.1) is 6.04 Å². The van der Waals surface area contributed by atoms with Gasteiger partial charge in [0.15, 0.2) is 0 Å². The van der Waals surface area contributed by atoms with Gasteiger partial charge in [-0.05, 0) is 56.1 Å². The molecule has 4 heterocycles. The minimum atomic E-state index is 0. The van der Waals surface area contributed by atoms with Crippen molar-refractivity contribution in [2.75, 3.05) is 6.54 Å². The molecule has 1 aromatic heterocycles. The van der Waals surface area contributed by atoms with E-state index in [9.17, 15) is 4.79 Å². The Bertz CT molecular complexity index is 526. The molecule has 3 aliphatic rings. The van der Waals surface area contributed by atoms with Gasteiger partial charge < -0.3 is 10.2 Å². The van der Waals surface area contributed by atoms with Crippen LogP contribution in [0.2, 0.25) is 0 Å². The van der Waals surface area contributed by atoms with Crippen molar-refractivity contribution in [1.82, 2.24) is 15.2 Å². The number of pyridine rings is 1. The number of fused-ring (bicyclic) bond motifs is 2. The lowest BCUT2D eigenvalue weighted by Gasteiger charge is -2.31. The molecule has 3 aliphatic heterocycles. The van der Waals surface area contributed by atoms with Crippen LogP contribution in [-0.2, 0) is 4.79 Å². The minimum absolute atomic E-state index is 0. The Morgan fingerprint density at radius 1 is 1.26 bits per heavy atom. The summed E-state index contributed by atoms with van der Waals surface area (Å²) in [4.78, 5) is 19.1. The lowest BCUT2D eigenvalue weighted by Crippen LogP contribution is -2.40. The van der Waals surface area contributed by atoms with E-state index in [1.807, 2.05) is 12.3 Å². The molecule has 126 valence electrons. The summed E-state index contributed by atoms with van der Waals surface area (Å²) in [6, 6.07) is 5.67. The molecule has 1 N–H and O–H groups in total. The summed E-state index contributed by atoms with van der Waals surface area (Å²) in [5.74, 6) is 0.944. The summed E-state index contributed by atoms with van der Waals surface area (Å²) in [5.41, 5.74) is 1.19. The van der Waals surface area contributed by atoms with E-state index in [2.05, 4.69) is 21.3 Å². The number of hydrogen-bond acceptors (Lipinski definition) is 3. The minimum Gasteiger partial charge on any atom is -0.336 e. The number of hydrogen-bond donors (Lipinski definition) is 1. The van der Waals surface area contributed by atoms with Crippen LogP contribution in [-0.4, -0.2) is 34.4 Å². The molecule has 0 saturated carbocycles. The summed E-state index contributed by atoms with van der Waals surface area (Å²) in [5, 5.41) is 3.66. The van der Waals surface area contributed by atoms with Crippen molar-refractivity contribution in [3.05, 3.63) is 30.1 Å². The first-order valence-corrected chi connectivity index (χ1v) is 8.75. The number of halogens is 1. The second-order valence-corrected chi connectivity index (χ2v) is 7.21. The second-order valence-electron chi connectivity index (χ2n) is 7.21. The Morgan fingerprint density at radius 3 is 2.74 bits per heavy atom. The molecule has 3 saturated heterocycles. The van der Waals surface area contributed by atoms with E-state index in [-0.39, 0.29) is 18.4 Å². The molecule has 3 unspecified atom stereocenters. The van der Waals surface area contributed by atoms with E-state index in [0.717, 1.165) is 25.8 Å². The number of rotatable bonds is 3. The predicted molar refractivity (Wildman–Crippen MR) is 92.5 cm³/mol. The smallest absolute Gasteiger partial charge is 0.223 e. The number of piperidine rings is 1. The first-order chi connectivity index (χ1) is 10.8. The van der Waals surface area contributed by atoms with Crippen molar-refractivity contribution >= 4 is 18.3 Å². The lowest BCUT2D eigenvalue weighted by molar-refractivity contribution is -0.133. The van der Waals surface area contributed by atoms with Gasteiger partial charge in [-0.15, -0.1) is 12.4 Å². The molecule has 1 amide bonds. The number of likely N-dealkylation sites (tertiary alicyclic amines) is 1. The van der Waals surface area contributed by atoms with Gasteiger partial charge in [-0.2, -0.15) is 0 Å². The molecule has 2 bridgehead atoms. The van der Waals surface area contributed by atoms with Crippen LogP contribution in [0.1, 0.15) is 56.6 Å². The van der Waals surface area contributed by atoms with E-state index in [1.54, 1.807) is 6.20 Å². The third-order valence-corrected chi connectivity index (χ3v) is 5.68. The Hall–Kier alpha value is -1.13. The summed E-state index contributed by atoms with van der Waals surface area (Å²) >= 11 is 0. The number of aromatic nitrogens is 1. The molecule has 0 radical (unpaired) electrons. The predicted octanol–water partition coefficient (Wildman–Crippen LogP) is 3.09. The molecule has 3 atom stereocenters. The van der Waals surface area contributed by atoms with Crippen molar-refractivity contribution in [2.24, 2.45) is 5.92 Å². The van der Waals surface area contributed by atoms with Crippen LogP contribution in [0.15, 0.2) is 24.5 Å². The fourth-order valence-electron chi connectivity index (χ4n) is 4.69. The topological polar surface area (TPSA) is 45.2 Å². The van der Waals surface area contributed by atoms with Gasteiger partial charge in [-0.25, -0.2) is 0 Å². The highest BCUT2D eigenvalue weighted by molar-refractivity contribution is 5.85. The van der Waals surface area contributed by atoms with E-state index in [4.69, 9.17) is 0 Å². The van der Waals surface area contributed by atoms with Crippen LogP contribution in [0.25, 0.3) is 0 Å². The van der Waals surface area contributed by atoms with Crippen LogP contribution in [0.3, 0.4) is 0 Å². The summed E-state index contributed by atoms with van der Waals surface area (Å²) in [7, 11) is 0. The second kappa shape index (κ2) is 7.18. The average molecular weight is 336 g/mol. The molecule has 23 heavy (non-hydrogen) atoms. The van der Waals surface area contributed by atoms with Crippen molar-refractivity contribution < 1.29 is 4.79 Å². The highest BCUT2D eigenvalue weighted by atomic mass is 35.5. The quantitative estimate of drug-likeness (QED) is 0.923. The van der Waals surface area contributed by atoms with E-state index in [0.29, 0.717) is 23.9 Å². The molecule has 1 aromatic rings. The Balaban J connectivity index is 0.00000156. The van der Waals surface area contributed by atoms with Crippen molar-refractivity contribution in [3.63, 3.8) is 0 Å². The van der Waals surface area contributed by atoms with E-state index >= 15 is 0 Å². The van der Waals surface area contributed by atoms with Gasteiger partial charge in [-0.1, -0.05) is 6.07 Å². The maximum absolute atomic E-state index is 12.8. The zero-order chi connectivity index (χ0) is 14.9. The Morgan fingerprint density at radius 2 is 2.04 bits per heavy atom. The average Bonchev–Trinajstić information content (AvgIpc) is 3.15. The molecule has 3 fully saturated rings. The van der Waals surface area contributed by atoms with Crippen LogP contribution in [0.5, 0.6) is 0 Å². The lowest BCUT2D eigenvalue weighted by atomic mass is 9.89. The third-order valence-electron chi connectivity index (χ3n) is 5.68. The fourth-order valence-corrected chi connectivity index (χ4v) is 4.69. The summed E-state index contributed by atoms with van der Waals surface area (Å²) < 4.78 is 0. The van der Waals surface area contributed by atoms with E-state index < -0.39 is 0 Å². The van der Waals surface area contributed by atoms with Crippen molar-refractivity contribution in [1.29, 1.82) is 0 Å². The van der Waals surface area contributed by atoms with Gasteiger partial charge in [0.1, 0.15) is 0 Å². The fraction of sp³-hybridized carbons (Fsp3) is 0.667. The maximum atomic E-state index is 12.8. The first-order valence-electron chi connectivity index (χ1n) is 8.75. The monoisotopic (exact) mass is 335 g/mol. The molecule has 0 spiro atoms. The third kappa shape index (κ3) is 3.53. The SMILES string of the molecule is Cl.O=C(CC1CC2CCC(C1)N2)N1CCCC1c1cccnc1. The number of amides is 1. The molecule has 5 heteroatoms. The number of nitrogens with one attached hydrogen (secondary N) is 1. The van der Waals surface area contributed by atoms with Gasteiger partial charge in [0, 0.05) is 37.4 Å². The first kappa shape index (κ1) is 16.7. The van der Waals surface area contributed by atoms with Crippen LogP contribution >= 0.6 is 12.4 Å². The van der Waals surface area contributed by atoms with Gasteiger partial charge in [0.25, 0.3) is 0 Å². The van der Waals surface area contributed by atoms with Crippen molar-refractivity contribution in [2.45, 2.75) is 63.1 Å². The molecule has 4 nitrogen and oxygen atoms in total. The zero-order valence-corrected chi connectivity index (χ0v) is 14.3. The van der Waals surface area contributed by atoms with Crippen molar-refractivity contribution in [3.8, 4) is 0 Å². The standard InChI is InChI=1S/C18H25N3O.ClH/c22-18(11-13-9-15-5-6-16(10-13)20-15)21-8-2-4-17(21)14-3-1-7-19-12-14;/h1,3,7,12-13,15-17,20H,2,4-6,8-11H2;1H. The summed E-state index contributed by atoms with van der Waals surface area (Å²) in [6.45, 7) is 0.913. The normalized spacial score (nSPS) is 32.6. The van der Waals surface area contributed by atoms with Crippen LogP contribution < -0.4 is 5.32 Å².